The average Bonchev–Trinajstić information content (AvgIpc) is 3.13. The van der Waals surface area contributed by atoms with Crippen LogP contribution in [0.3, 0.4) is 0 Å². The molecule has 0 saturated carbocycles. The van der Waals surface area contributed by atoms with E-state index >= 15 is 0 Å². The van der Waals surface area contributed by atoms with E-state index in [1.165, 1.54) is 0 Å². The second kappa shape index (κ2) is 8.97. The first-order valence-electron chi connectivity index (χ1n) is 10.5. The molecule has 31 heavy (non-hydrogen) atoms. The van der Waals surface area contributed by atoms with Gasteiger partial charge >= 0.3 is 0 Å². The smallest absolute Gasteiger partial charge is 0.203 e. The van der Waals surface area contributed by atoms with E-state index in [2.05, 4.69) is 11.8 Å². The summed E-state index contributed by atoms with van der Waals surface area (Å²) in [4.78, 5) is 12.2. The van der Waals surface area contributed by atoms with Crippen LogP contribution in [0.5, 0.6) is 17.2 Å². The summed E-state index contributed by atoms with van der Waals surface area (Å²) >= 11 is 0. The zero-order valence-electron chi connectivity index (χ0n) is 18.8. The van der Waals surface area contributed by atoms with Crippen molar-refractivity contribution in [3.05, 3.63) is 17.8 Å². The van der Waals surface area contributed by atoms with Gasteiger partial charge in [0.2, 0.25) is 5.75 Å². The molecule has 4 rings (SSSR count). The molecule has 9 heteroatoms. The van der Waals surface area contributed by atoms with Crippen molar-refractivity contribution in [1.82, 2.24) is 19.7 Å². The number of aryl methyl sites for hydroxylation is 2. The molecule has 1 fully saturated rings. The first kappa shape index (κ1) is 21.2. The molecule has 0 radical (unpaired) electrons. The highest BCUT2D eigenvalue weighted by Gasteiger charge is 2.24. The number of fused-ring (bicyclic) bond motifs is 1. The Kier molecular flexibility index (Phi) is 6.13. The van der Waals surface area contributed by atoms with Crippen molar-refractivity contribution >= 4 is 16.9 Å². The third-order valence-electron chi connectivity index (χ3n) is 5.45. The van der Waals surface area contributed by atoms with Crippen molar-refractivity contribution in [2.24, 2.45) is 7.05 Å². The third kappa shape index (κ3) is 3.85. The van der Waals surface area contributed by atoms with E-state index in [1.54, 1.807) is 21.3 Å². The molecule has 0 bridgehead atoms. The van der Waals surface area contributed by atoms with Crippen LogP contribution in [0, 0.1) is 0 Å². The van der Waals surface area contributed by atoms with Gasteiger partial charge in [-0.3, -0.25) is 4.68 Å². The van der Waals surface area contributed by atoms with E-state index in [9.17, 15) is 0 Å². The summed E-state index contributed by atoms with van der Waals surface area (Å²) in [7, 11) is 6.75. The molecule has 3 aromatic rings. The summed E-state index contributed by atoms with van der Waals surface area (Å²) < 4.78 is 24.0. The maximum absolute atomic E-state index is 5.55. The number of methoxy groups -OCH3 is 3. The predicted octanol–water partition coefficient (Wildman–Crippen LogP) is 2.85. The number of benzene rings is 1. The summed E-state index contributed by atoms with van der Waals surface area (Å²) in [6.07, 6.45) is 1.84. The topological polar surface area (TPSA) is 83.8 Å². The van der Waals surface area contributed by atoms with Crippen LogP contribution < -0.4 is 19.1 Å². The Morgan fingerprint density at radius 2 is 1.68 bits per heavy atom. The highest BCUT2D eigenvalue weighted by atomic mass is 16.5. The van der Waals surface area contributed by atoms with Gasteiger partial charge in [0, 0.05) is 25.7 Å². The fourth-order valence-electron chi connectivity index (χ4n) is 3.96. The molecule has 1 aromatic carbocycles. The quantitative estimate of drug-likeness (QED) is 0.569. The lowest BCUT2D eigenvalue weighted by Gasteiger charge is -2.28. The summed E-state index contributed by atoms with van der Waals surface area (Å²) in [6.45, 7) is 5.03. The van der Waals surface area contributed by atoms with Crippen LogP contribution in [0.2, 0.25) is 0 Å². The highest BCUT2D eigenvalue weighted by molar-refractivity contribution is 5.90. The van der Waals surface area contributed by atoms with E-state index in [-0.39, 0.29) is 0 Å². The van der Waals surface area contributed by atoms with Crippen molar-refractivity contribution in [2.45, 2.75) is 19.8 Å². The van der Waals surface area contributed by atoms with Crippen molar-refractivity contribution in [2.75, 3.05) is 52.5 Å². The van der Waals surface area contributed by atoms with Crippen LogP contribution in [0.1, 0.15) is 19.0 Å². The lowest BCUT2D eigenvalue weighted by molar-refractivity contribution is 0.122. The van der Waals surface area contributed by atoms with E-state index in [4.69, 9.17) is 34.0 Å². The van der Waals surface area contributed by atoms with Gasteiger partial charge in [0.1, 0.15) is 11.0 Å². The van der Waals surface area contributed by atoms with Gasteiger partial charge in [0.05, 0.1) is 40.2 Å². The Morgan fingerprint density at radius 1 is 1.00 bits per heavy atom. The standard InChI is InChI=1S/C22H29N5O4/c1-6-7-15-18-19(26(2)25-15)22(27-8-10-31-11-9-27)24-21(23-18)14-12-16(28-3)20(30-5)17(13-14)29-4/h12-13H,6-11H2,1-5H3. The molecule has 0 amide bonds. The molecule has 1 aliphatic rings. The Bertz CT molecular complexity index is 1050. The van der Waals surface area contributed by atoms with Gasteiger partial charge < -0.3 is 23.8 Å². The Morgan fingerprint density at radius 3 is 2.26 bits per heavy atom. The second-order valence-corrected chi connectivity index (χ2v) is 7.40. The zero-order chi connectivity index (χ0) is 22.0. The molecule has 3 heterocycles. The minimum Gasteiger partial charge on any atom is -0.493 e. The number of hydrogen-bond acceptors (Lipinski definition) is 8. The van der Waals surface area contributed by atoms with Gasteiger partial charge in [-0.05, 0) is 18.6 Å². The molecule has 1 aliphatic heterocycles. The molecule has 0 aliphatic carbocycles. The fourth-order valence-corrected chi connectivity index (χ4v) is 3.96. The molecule has 0 spiro atoms. The van der Waals surface area contributed by atoms with Crippen LogP contribution in [0.15, 0.2) is 12.1 Å². The van der Waals surface area contributed by atoms with Crippen molar-refractivity contribution in [3.63, 3.8) is 0 Å². The second-order valence-electron chi connectivity index (χ2n) is 7.40. The maximum atomic E-state index is 5.55. The van der Waals surface area contributed by atoms with Crippen LogP contribution in [0.4, 0.5) is 5.82 Å². The third-order valence-corrected chi connectivity index (χ3v) is 5.45. The normalized spacial score (nSPS) is 14.2. The lowest BCUT2D eigenvalue weighted by Crippen LogP contribution is -2.37. The monoisotopic (exact) mass is 427 g/mol. The molecule has 2 aromatic heterocycles. The van der Waals surface area contributed by atoms with Crippen LogP contribution in [0.25, 0.3) is 22.4 Å². The highest BCUT2D eigenvalue weighted by Crippen LogP contribution is 2.41. The molecule has 0 atom stereocenters. The number of ether oxygens (including phenoxy) is 4. The molecule has 166 valence electrons. The van der Waals surface area contributed by atoms with Gasteiger partial charge in [-0.25, -0.2) is 9.97 Å². The largest absolute Gasteiger partial charge is 0.493 e. The maximum Gasteiger partial charge on any atom is 0.203 e. The number of rotatable bonds is 7. The molecular weight excluding hydrogens is 398 g/mol. The molecular formula is C22H29N5O4. The average molecular weight is 428 g/mol. The number of nitrogens with zero attached hydrogens (tertiary/aromatic N) is 5. The zero-order valence-corrected chi connectivity index (χ0v) is 18.8. The number of aromatic nitrogens is 4. The Labute approximate surface area is 181 Å². The van der Waals surface area contributed by atoms with Crippen LogP contribution in [-0.4, -0.2) is 67.4 Å². The van der Waals surface area contributed by atoms with Gasteiger partial charge in [-0.15, -0.1) is 0 Å². The summed E-state index contributed by atoms with van der Waals surface area (Å²) in [6, 6.07) is 3.75. The van der Waals surface area contributed by atoms with Crippen molar-refractivity contribution < 1.29 is 18.9 Å². The van der Waals surface area contributed by atoms with Gasteiger partial charge in [0.15, 0.2) is 23.1 Å². The SMILES string of the molecule is CCCc1nn(C)c2c(N3CCOCC3)nc(-c3cc(OC)c(OC)c(OC)c3)nc12. The number of hydrogen-bond donors (Lipinski definition) is 0. The molecule has 0 N–H and O–H groups in total. The lowest BCUT2D eigenvalue weighted by atomic mass is 10.1. The van der Waals surface area contributed by atoms with Crippen molar-refractivity contribution in [1.29, 1.82) is 0 Å². The number of morpholine rings is 1. The molecule has 0 unspecified atom stereocenters. The van der Waals surface area contributed by atoms with Gasteiger partial charge in [0.25, 0.3) is 0 Å². The minimum atomic E-state index is 0.538. The predicted molar refractivity (Wildman–Crippen MR) is 118 cm³/mol. The first-order chi connectivity index (χ1) is 15.1. The van der Waals surface area contributed by atoms with Crippen LogP contribution in [-0.2, 0) is 18.2 Å². The number of anilines is 1. The Balaban J connectivity index is 1.95. The summed E-state index contributed by atoms with van der Waals surface area (Å²) in [5.41, 5.74) is 3.59. The van der Waals surface area contributed by atoms with Gasteiger partial charge in [-0.1, -0.05) is 13.3 Å². The van der Waals surface area contributed by atoms with Crippen LogP contribution >= 0.6 is 0 Å². The minimum absolute atomic E-state index is 0.538. The van der Waals surface area contributed by atoms with Gasteiger partial charge in [-0.2, -0.15) is 5.10 Å². The van der Waals surface area contributed by atoms with Crippen molar-refractivity contribution in [3.8, 4) is 28.6 Å². The summed E-state index contributed by atoms with van der Waals surface area (Å²) in [5, 5.41) is 4.75. The first-order valence-corrected chi connectivity index (χ1v) is 10.5. The molecule has 1 saturated heterocycles. The Hall–Kier alpha value is -3.07. The molecule has 9 nitrogen and oxygen atoms in total. The van der Waals surface area contributed by atoms with E-state index < -0.39 is 0 Å². The van der Waals surface area contributed by atoms with E-state index in [0.29, 0.717) is 36.3 Å². The van der Waals surface area contributed by atoms with E-state index in [1.807, 2.05) is 23.9 Å². The summed E-state index contributed by atoms with van der Waals surface area (Å²) in [5.74, 6) is 3.13. The fraction of sp³-hybridized carbons (Fsp3) is 0.500. The van der Waals surface area contributed by atoms with E-state index in [0.717, 1.165) is 54.0 Å².